The summed E-state index contributed by atoms with van der Waals surface area (Å²) in [4.78, 5) is 7.40. The molecule has 17 heavy (non-hydrogen) atoms. The van der Waals surface area contributed by atoms with Crippen molar-refractivity contribution in [3.8, 4) is 17.7 Å². The van der Waals surface area contributed by atoms with Gasteiger partial charge in [0.25, 0.3) is 5.88 Å². The van der Waals surface area contributed by atoms with Gasteiger partial charge in [-0.15, -0.1) is 0 Å². The SMILES string of the molecule is N#Cc1nccnc1Oc1cccc(F)c1F. The van der Waals surface area contributed by atoms with E-state index >= 15 is 0 Å². The summed E-state index contributed by atoms with van der Waals surface area (Å²) in [6.45, 7) is 0. The highest BCUT2D eigenvalue weighted by Gasteiger charge is 2.13. The van der Waals surface area contributed by atoms with Crippen molar-refractivity contribution in [1.29, 1.82) is 5.26 Å². The van der Waals surface area contributed by atoms with Crippen molar-refractivity contribution in [1.82, 2.24) is 9.97 Å². The molecule has 0 bridgehead atoms. The van der Waals surface area contributed by atoms with Crippen LogP contribution < -0.4 is 4.74 Å². The van der Waals surface area contributed by atoms with Gasteiger partial charge < -0.3 is 4.74 Å². The zero-order valence-corrected chi connectivity index (χ0v) is 8.39. The smallest absolute Gasteiger partial charge is 0.256 e. The second-order valence-corrected chi connectivity index (χ2v) is 2.98. The Balaban J connectivity index is 2.39. The van der Waals surface area contributed by atoms with E-state index in [1.54, 1.807) is 6.07 Å². The molecule has 0 aliphatic rings. The molecule has 1 heterocycles. The fourth-order valence-electron chi connectivity index (χ4n) is 1.14. The average molecular weight is 233 g/mol. The van der Waals surface area contributed by atoms with Crippen molar-refractivity contribution in [2.45, 2.75) is 0 Å². The minimum Gasteiger partial charge on any atom is -0.433 e. The van der Waals surface area contributed by atoms with E-state index in [1.165, 1.54) is 24.5 Å². The summed E-state index contributed by atoms with van der Waals surface area (Å²) in [5, 5.41) is 8.72. The molecule has 0 radical (unpaired) electrons. The highest BCUT2D eigenvalue weighted by molar-refractivity contribution is 5.35. The first-order valence-corrected chi connectivity index (χ1v) is 4.55. The van der Waals surface area contributed by atoms with Gasteiger partial charge in [-0.25, -0.2) is 14.4 Å². The highest BCUT2D eigenvalue weighted by Crippen LogP contribution is 2.25. The van der Waals surface area contributed by atoms with E-state index < -0.39 is 11.6 Å². The fraction of sp³-hybridized carbons (Fsp3) is 0. The molecule has 0 N–H and O–H groups in total. The molecule has 1 aromatic heterocycles. The monoisotopic (exact) mass is 233 g/mol. The molecule has 84 valence electrons. The molecule has 0 amide bonds. The summed E-state index contributed by atoms with van der Waals surface area (Å²) in [6, 6.07) is 5.22. The van der Waals surface area contributed by atoms with Crippen LogP contribution in [0.1, 0.15) is 5.69 Å². The van der Waals surface area contributed by atoms with Crippen LogP contribution in [-0.2, 0) is 0 Å². The molecule has 0 saturated heterocycles. The minimum atomic E-state index is -1.14. The van der Waals surface area contributed by atoms with Crippen molar-refractivity contribution in [3.63, 3.8) is 0 Å². The molecule has 2 aromatic rings. The zero-order valence-electron chi connectivity index (χ0n) is 8.39. The van der Waals surface area contributed by atoms with Gasteiger partial charge >= 0.3 is 0 Å². The van der Waals surface area contributed by atoms with Gasteiger partial charge in [0, 0.05) is 12.4 Å². The Labute approximate surface area is 95.1 Å². The topological polar surface area (TPSA) is 58.8 Å². The lowest BCUT2D eigenvalue weighted by molar-refractivity contribution is 0.403. The van der Waals surface area contributed by atoms with Gasteiger partial charge in [-0.3, -0.25) is 0 Å². The van der Waals surface area contributed by atoms with Gasteiger partial charge in [0.1, 0.15) is 6.07 Å². The van der Waals surface area contributed by atoms with Gasteiger partial charge in [-0.2, -0.15) is 9.65 Å². The number of hydrogen-bond acceptors (Lipinski definition) is 4. The number of nitrogens with zero attached hydrogens (tertiary/aromatic N) is 3. The van der Waals surface area contributed by atoms with Gasteiger partial charge in [0.2, 0.25) is 11.5 Å². The quantitative estimate of drug-likeness (QED) is 0.799. The van der Waals surface area contributed by atoms with E-state index in [2.05, 4.69) is 9.97 Å². The molecule has 0 spiro atoms. The number of halogens is 2. The number of aromatic nitrogens is 2. The first-order chi connectivity index (χ1) is 8.22. The number of hydrogen-bond donors (Lipinski definition) is 0. The maximum Gasteiger partial charge on any atom is 0.256 e. The summed E-state index contributed by atoms with van der Waals surface area (Å²) in [7, 11) is 0. The third kappa shape index (κ3) is 2.18. The first-order valence-electron chi connectivity index (χ1n) is 4.55. The standard InChI is InChI=1S/C11H5F2N3O/c12-7-2-1-3-9(10(7)13)17-11-8(6-14)15-4-5-16-11/h1-5H. The van der Waals surface area contributed by atoms with Crippen LogP contribution in [0.2, 0.25) is 0 Å². The van der Waals surface area contributed by atoms with Gasteiger partial charge in [-0.1, -0.05) is 6.07 Å². The van der Waals surface area contributed by atoms with Crippen LogP contribution in [0.15, 0.2) is 30.6 Å². The average Bonchev–Trinajstić information content (AvgIpc) is 2.35. The Morgan fingerprint density at radius 1 is 1.18 bits per heavy atom. The fourth-order valence-corrected chi connectivity index (χ4v) is 1.14. The third-order valence-corrected chi connectivity index (χ3v) is 1.89. The van der Waals surface area contributed by atoms with Crippen molar-refractivity contribution in [2.24, 2.45) is 0 Å². The molecule has 0 unspecified atom stereocenters. The van der Waals surface area contributed by atoms with Gasteiger partial charge in [0.15, 0.2) is 11.6 Å². The maximum absolute atomic E-state index is 13.3. The van der Waals surface area contributed by atoms with E-state index in [0.717, 1.165) is 6.07 Å². The highest BCUT2D eigenvalue weighted by atomic mass is 19.2. The molecule has 4 nitrogen and oxygen atoms in total. The Bertz CT molecular complexity index is 596. The molecule has 0 aliphatic heterocycles. The predicted molar refractivity (Wildman–Crippen MR) is 53.2 cm³/mol. The van der Waals surface area contributed by atoms with Gasteiger partial charge in [-0.05, 0) is 12.1 Å². The number of ether oxygens (including phenoxy) is 1. The summed E-state index contributed by atoms with van der Waals surface area (Å²) < 4.78 is 31.2. The summed E-state index contributed by atoms with van der Waals surface area (Å²) in [6.07, 6.45) is 2.58. The van der Waals surface area contributed by atoms with Crippen molar-refractivity contribution in [2.75, 3.05) is 0 Å². The largest absolute Gasteiger partial charge is 0.433 e. The predicted octanol–water partition coefficient (Wildman–Crippen LogP) is 2.42. The van der Waals surface area contributed by atoms with Crippen LogP contribution in [0.5, 0.6) is 11.6 Å². The molecule has 0 atom stereocenters. The number of benzene rings is 1. The molecule has 0 aliphatic carbocycles. The molecule has 0 fully saturated rings. The Kier molecular flexibility index (Phi) is 2.92. The van der Waals surface area contributed by atoms with Crippen molar-refractivity contribution >= 4 is 0 Å². The molecular weight excluding hydrogens is 228 g/mol. The summed E-state index contributed by atoms with van der Waals surface area (Å²) in [5.41, 5.74) is -0.101. The lowest BCUT2D eigenvalue weighted by Gasteiger charge is -2.06. The first kappa shape index (κ1) is 11.0. The molecular formula is C11H5F2N3O. The Hall–Kier alpha value is -2.55. The van der Waals surface area contributed by atoms with E-state index in [1.807, 2.05) is 0 Å². The Morgan fingerprint density at radius 2 is 1.94 bits per heavy atom. The van der Waals surface area contributed by atoms with E-state index in [9.17, 15) is 8.78 Å². The van der Waals surface area contributed by atoms with Gasteiger partial charge in [0.05, 0.1) is 0 Å². The Morgan fingerprint density at radius 3 is 2.71 bits per heavy atom. The van der Waals surface area contributed by atoms with E-state index in [-0.39, 0.29) is 17.3 Å². The molecule has 6 heteroatoms. The number of rotatable bonds is 2. The normalized spacial score (nSPS) is 9.71. The lowest BCUT2D eigenvalue weighted by atomic mass is 10.3. The van der Waals surface area contributed by atoms with Crippen LogP contribution in [0.25, 0.3) is 0 Å². The molecule has 1 aromatic carbocycles. The van der Waals surface area contributed by atoms with E-state index in [4.69, 9.17) is 10.00 Å². The minimum absolute atomic E-state index is 0.101. The van der Waals surface area contributed by atoms with Crippen LogP contribution in [0.4, 0.5) is 8.78 Å². The van der Waals surface area contributed by atoms with E-state index in [0.29, 0.717) is 0 Å². The summed E-state index contributed by atoms with van der Waals surface area (Å²) >= 11 is 0. The molecule has 2 rings (SSSR count). The van der Waals surface area contributed by atoms with Crippen LogP contribution in [0, 0.1) is 23.0 Å². The lowest BCUT2D eigenvalue weighted by Crippen LogP contribution is -1.97. The second kappa shape index (κ2) is 4.53. The van der Waals surface area contributed by atoms with Crippen molar-refractivity contribution < 1.29 is 13.5 Å². The second-order valence-electron chi connectivity index (χ2n) is 2.98. The zero-order chi connectivity index (χ0) is 12.3. The third-order valence-electron chi connectivity index (χ3n) is 1.89. The van der Waals surface area contributed by atoms with Crippen LogP contribution in [-0.4, -0.2) is 9.97 Å². The molecule has 0 saturated carbocycles. The van der Waals surface area contributed by atoms with Crippen LogP contribution >= 0.6 is 0 Å². The van der Waals surface area contributed by atoms with Crippen LogP contribution in [0.3, 0.4) is 0 Å². The summed E-state index contributed by atoms with van der Waals surface area (Å²) in [5.74, 6) is -2.69. The maximum atomic E-state index is 13.3. The van der Waals surface area contributed by atoms with Crippen molar-refractivity contribution in [3.05, 3.63) is 47.9 Å². The number of nitriles is 1.